The summed E-state index contributed by atoms with van der Waals surface area (Å²) in [6, 6.07) is 0.349. The van der Waals surface area contributed by atoms with E-state index in [4.69, 9.17) is 4.74 Å². The molecule has 26 heavy (non-hydrogen) atoms. The zero-order valence-electron chi connectivity index (χ0n) is 15.5. The van der Waals surface area contributed by atoms with Gasteiger partial charge in [-0.05, 0) is 57.0 Å². The summed E-state index contributed by atoms with van der Waals surface area (Å²) in [7, 11) is 0. The lowest BCUT2D eigenvalue weighted by atomic mass is 9.84. The van der Waals surface area contributed by atoms with Crippen molar-refractivity contribution in [1.82, 2.24) is 25.3 Å². The number of nitrogens with zero attached hydrogens (tertiary/aromatic N) is 3. The molecule has 0 aromatic heterocycles. The third-order valence-electron chi connectivity index (χ3n) is 6.68. The van der Waals surface area contributed by atoms with Gasteiger partial charge in [-0.15, -0.1) is 0 Å². The van der Waals surface area contributed by atoms with Crippen molar-refractivity contribution in [3.05, 3.63) is 12.0 Å². The summed E-state index contributed by atoms with van der Waals surface area (Å²) < 4.78 is 6.03. The van der Waals surface area contributed by atoms with Gasteiger partial charge in [0.15, 0.2) is 0 Å². The third-order valence-corrected chi connectivity index (χ3v) is 6.68. The quantitative estimate of drug-likeness (QED) is 0.764. The largest absolute Gasteiger partial charge is 0.376 e. The van der Waals surface area contributed by atoms with Gasteiger partial charge >= 0.3 is 6.03 Å². The molecule has 6 rings (SSSR count). The molecule has 5 aliphatic heterocycles. The number of piperidine rings is 3. The molecule has 5 fully saturated rings. The minimum atomic E-state index is 0.0342. The standard InChI is InChI=1S/C19H31N5O2/c25-19(21-17-10-22-6-3-15(17)4-7-22)24-11-18(20-13-24)23-8-5-16(9-23)26-12-14-1-2-14/h11,14-17,20H,1-10,12-13H2,(H,21,25)/t16-,17+/m0/s1. The van der Waals surface area contributed by atoms with Gasteiger partial charge in [0.25, 0.3) is 0 Å². The van der Waals surface area contributed by atoms with E-state index >= 15 is 0 Å². The molecule has 2 atom stereocenters. The van der Waals surface area contributed by atoms with E-state index < -0.39 is 0 Å². The molecule has 5 heterocycles. The highest BCUT2D eigenvalue weighted by atomic mass is 16.5. The lowest BCUT2D eigenvalue weighted by Gasteiger charge is -2.45. The van der Waals surface area contributed by atoms with Gasteiger partial charge in [0.2, 0.25) is 0 Å². The third kappa shape index (κ3) is 3.51. The molecule has 1 saturated carbocycles. The minimum Gasteiger partial charge on any atom is -0.376 e. The first kappa shape index (κ1) is 16.7. The number of carbonyl (C=O) groups excluding carboxylic acids is 1. The highest BCUT2D eigenvalue weighted by Crippen LogP contribution is 2.30. The molecule has 1 aliphatic carbocycles. The number of rotatable bonds is 5. The maximum absolute atomic E-state index is 12.7. The zero-order valence-corrected chi connectivity index (χ0v) is 15.5. The Kier molecular flexibility index (Phi) is 4.44. The van der Waals surface area contributed by atoms with Gasteiger partial charge < -0.3 is 25.2 Å². The molecular weight excluding hydrogens is 330 g/mol. The van der Waals surface area contributed by atoms with Gasteiger partial charge in [-0.2, -0.15) is 0 Å². The zero-order chi connectivity index (χ0) is 17.5. The van der Waals surface area contributed by atoms with E-state index in [1.54, 1.807) is 4.90 Å². The van der Waals surface area contributed by atoms with Crippen LogP contribution in [0.25, 0.3) is 0 Å². The van der Waals surface area contributed by atoms with Crippen LogP contribution in [0, 0.1) is 11.8 Å². The number of hydrogen-bond acceptors (Lipinski definition) is 5. The predicted molar refractivity (Wildman–Crippen MR) is 98.1 cm³/mol. The monoisotopic (exact) mass is 361 g/mol. The van der Waals surface area contributed by atoms with Crippen molar-refractivity contribution in [2.24, 2.45) is 11.8 Å². The van der Waals surface area contributed by atoms with Crippen LogP contribution in [-0.4, -0.2) is 78.9 Å². The van der Waals surface area contributed by atoms with Crippen LogP contribution in [0.1, 0.15) is 32.1 Å². The number of fused-ring (bicyclic) bond motifs is 3. The van der Waals surface area contributed by atoms with Crippen LogP contribution >= 0.6 is 0 Å². The fourth-order valence-electron chi connectivity index (χ4n) is 4.74. The second-order valence-corrected chi connectivity index (χ2v) is 8.65. The molecule has 0 aromatic rings. The van der Waals surface area contributed by atoms with Crippen LogP contribution < -0.4 is 10.6 Å². The van der Waals surface area contributed by atoms with E-state index in [9.17, 15) is 4.79 Å². The summed E-state index contributed by atoms with van der Waals surface area (Å²) in [6.07, 6.45) is 8.52. The molecule has 4 saturated heterocycles. The summed E-state index contributed by atoms with van der Waals surface area (Å²) in [5, 5.41) is 6.65. The molecule has 7 heteroatoms. The number of carbonyl (C=O) groups is 1. The van der Waals surface area contributed by atoms with E-state index in [1.165, 1.54) is 38.8 Å². The van der Waals surface area contributed by atoms with E-state index in [-0.39, 0.29) is 6.03 Å². The Morgan fingerprint density at radius 3 is 2.73 bits per heavy atom. The van der Waals surface area contributed by atoms with Crippen molar-refractivity contribution in [3.63, 3.8) is 0 Å². The molecule has 7 nitrogen and oxygen atoms in total. The SMILES string of the molecule is O=C(N[C@@H]1CN2CCC1CC2)N1C=C(N2CC[C@H](OCC3CC3)C2)NC1. The minimum absolute atomic E-state index is 0.0342. The van der Waals surface area contributed by atoms with Crippen LogP contribution in [0.5, 0.6) is 0 Å². The lowest BCUT2D eigenvalue weighted by Crippen LogP contribution is -2.58. The molecule has 0 unspecified atom stereocenters. The number of likely N-dealkylation sites (tertiary alicyclic amines) is 1. The molecular formula is C19H31N5O2. The van der Waals surface area contributed by atoms with Crippen molar-refractivity contribution < 1.29 is 9.53 Å². The van der Waals surface area contributed by atoms with Crippen molar-refractivity contribution >= 4 is 6.03 Å². The molecule has 2 N–H and O–H groups in total. The maximum Gasteiger partial charge on any atom is 0.323 e. The van der Waals surface area contributed by atoms with Crippen molar-refractivity contribution in [2.75, 3.05) is 46.0 Å². The number of ether oxygens (including phenoxy) is 1. The van der Waals surface area contributed by atoms with Crippen LogP contribution in [0.15, 0.2) is 12.0 Å². The Hall–Kier alpha value is -1.47. The normalized spacial score (nSPS) is 36.2. The fraction of sp³-hybridized carbons (Fsp3) is 0.842. The molecule has 6 aliphatic rings. The van der Waals surface area contributed by atoms with E-state index in [2.05, 4.69) is 20.4 Å². The molecule has 0 radical (unpaired) electrons. The van der Waals surface area contributed by atoms with Crippen LogP contribution in [-0.2, 0) is 4.74 Å². The average molecular weight is 361 g/mol. The molecule has 144 valence electrons. The number of hydrogen-bond donors (Lipinski definition) is 2. The lowest BCUT2D eigenvalue weighted by molar-refractivity contribution is 0.0536. The fourth-order valence-corrected chi connectivity index (χ4v) is 4.74. The maximum atomic E-state index is 12.7. The molecule has 2 amide bonds. The van der Waals surface area contributed by atoms with Gasteiger partial charge in [-0.25, -0.2) is 4.79 Å². The average Bonchev–Trinajstić information content (AvgIpc) is 3.17. The van der Waals surface area contributed by atoms with Crippen LogP contribution in [0.2, 0.25) is 0 Å². The van der Waals surface area contributed by atoms with Gasteiger partial charge in [-0.1, -0.05) is 0 Å². The summed E-state index contributed by atoms with van der Waals surface area (Å²) >= 11 is 0. The van der Waals surface area contributed by atoms with E-state index in [0.717, 1.165) is 44.4 Å². The van der Waals surface area contributed by atoms with Crippen molar-refractivity contribution in [3.8, 4) is 0 Å². The second kappa shape index (κ2) is 6.93. The second-order valence-electron chi connectivity index (χ2n) is 8.65. The number of amides is 2. The van der Waals surface area contributed by atoms with E-state index in [0.29, 0.717) is 24.7 Å². The Balaban J connectivity index is 1.12. The van der Waals surface area contributed by atoms with Crippen LogP contribution in [0.4, 0.5) is 4.79 Å². The van der Waals surface area contributed by atoms with Gasteiger partial charge in [0.05, 0.1) is 19.0 Å². The van der Waals surface area contributed by atoms with Crippen LogP contribution in [0.3, 0.4) is 0 Å². The first-order chi connectivity index (χ1) is 12.7. The van der Waals surface area contributed by atoms with E-state index in [1.807, 2.05) is 6.20 Å². The topological polar surface area (TPSA) is 60.1 Å². The summed E-state index contributed by atoms with van der Waals surface area (Å²) in [5.74, 6) is 2.54. The number of urea groups is 1. The first-order valence-electron chi connectivity index (χ1n) is 10.4. The van der Waals surface area contributed by atoms with Gasteiger partial charge in [0, 0.05) is 32.3 Å². The van der Waals surface area contributed by atoms with Crippen molar-refractivity contribution in [1.29, 1.82) is 0 Å². The number of nitrogens with one attached hydrogen (secondary N) is 2. The molecule has 0 spiro atoms. The highest BCUT2D eigenvalue weighted by Gasteiger charge is 2.36. The predicted octanol–water partition coefficient (Wildman–Crippen LogP) is 0.953. The molecule has 2 bridgehead atoms. The Bertz CT molecular complexity index is 570. The van der Waals surface area contributed by atoms with Crippen molar-refractivity contribution in [2.45, 2.75) is 44.2 Å². The highest BCUT2D eigenvalue weighted by molar-refractivity contribution is 5.76. The smallest absolute Gasteiger partial charge is 0.323 e. The Labute approximate surface area is 155 Å². The Morgan fingerprint density at radius 2 is 2.00 bits per heavy atom. The summed E-state index contributed by atoms with van der Waals surface area (Å²) in [6.45, 7) is 6.84. The Morgan fingerprint density at radius 1 is 1.15 bits per heavy atom. The summed E-state index contributed by atoms with van der Waals surface area (Å²) in [4.78, 5) is 19.2. The van der Waals surface area contributed by atoms with Gasteiger partial charge in [0.1, 0.15) is 5.82 Å². The first-order valence-corrected chi connectivity index (χ1v) is 10.4. The van der Waals surface area contributed by atoms with Gasteiger partial charge in [-0.3, -0.25) is 4.90 Å². The molecule has 0 aromatic carbocycles. The summed E-state index contributed by atoms with van der Waals surface area (Å²) in [5.41, 5.74) is 0.